The molecular weight excluding hydrogens is 251 g/mol. The van der Waals surface area contributed by atoms with E-state index in [1.165, 1.54) is 6.07 Å². The Hall–Kier alpha value is -1.64. The third kappa shape index (κ3) is 2.92. The van der Waals surface area contributed by atoms with E-state index in [4.69, 9.17) is 0 Å². The van der Waals surface area contributed by atoms with E-state index in [0.717, 1.165) is 35.2 Å². The van der Waals surface area contributed by atoms with Gasteiger partial charge in [0.15, 0.2) is 0 Å². The molecule has 0 atom stereocenters. The van der Waals surface area contributed by atoms with Crippen LogP contribution >= 0.6 is 0 Å². The van der Waals surface area contributed by atoms with Gasteiger partial charge in [-0.25, -0.2) is 4.39 Å². The van der Waals surface area contributed by atoms with E-state index >= 15 is 0 Å². The molecule has 1 N–H and O–H groups in total. The molecule has 108 valence electrons. The highest BCUT2D eigenvalue weighted by atomic mass is 19.1. The summed E-state index contributed by atoms with van der Waals surface area (Å²) in [7, 11) is 0. The van der Waals surface area contributed by atoms with E-state index < -0.39 is 0 Å². The average Bonchev–Trinajstić information content (AvgIpc) is 2.36. The zero-order valence-electron chi connectivity index (χ0n) is 13.0. The summed E-state index contributed by atoms with van der Waals surface area (Å²) >= 11 is 0. The van der Waals surface area contributed by atoms with Gasteiger partial charge in [0, 0.05) is 34.8 Å². The standard InChI is InChI=1S/C17H23FN2/c1-6-7-19-14-10-16(17(3,4)5)20-15-9-13(18)11(2)8-12(14)15/h8-10H,6-7H2,1-5H3,(H,19,20). The zero-order chi connectivity index (χ0) is 14.9. The van der Waals surface area contributed by atoms with Crippen LogP contribution in [-0.4, -0.2) is 11.5 Å². The summed E-state index contributed by atoms with van der Waals surface area (Å²) < 4.78 is 13.8. The van der Waals surface area contributed by atoms with E-state index in [1.54, 1.807) is 6.92 Å². The summed E-state index contributed by atoms with van der Waals surface area (Å²) in [6, 6.07) is 5.51. The fourth-order valence-electron chi connectivity index (χ4n) is 2.15. The van der Waals surface area contributed by atoms with Crippen LogP contribution in [0, 0.1) is 12.7 Å². The van der Waals surface area contributed by atoms with Gasteiger partial charge in [0.1, 0.15) is 5.82 Å². The van der Waals surface area contributed by atoms with Gasteiger partial charge < -0.3 is 5.32 Å². The molecule has 1 heterocycles. The molecule has 0 saturated carbocycles. The van der Waals surface area contributed by atoms with Gasteiger partial charge in [-0.15, -0.1) is 0 Å². The maximum atomic E-state index is 13.8. The van der Waals surface area contributed by atoms with Gasteiger partial charge in [-0.1, -0.05) is 27.7 Å². The van der Waals surface area contributed by atoms with Crippen molar-refractivity contribution in [1.29, 1.82) is 0 Å². The van der Waals surface area contributed by atoms with Crippen LogP contribution in [0.15, 0.2) is 18.2 Å². The SMILES string of the molecule is CCCNc1cc(C(C)(C)C)nc2cc(F)c(C)cc12. The van der Waals surface area contributed by atoms with Crippen molar-refractivity contribution in [1.82, 2.24) is 4.98 Å². The minimum atomic E-state index is -0.197. The number of aromatic nitrogens is 1. The molecule has 0 saturated heterocycles. The van der Waals surface area contributed by atoms with Crippen LogP contribution in [0.4, 0.5) is 10.1 Å². The molecule has 0 aliphatic heterocycles. The van der Waals surface area contributed by atoms with E-state index in [0.29, 0.717) is 5.56 Å². The number of aryl methyl sites for hydroxylation is 1. The number of fused-ring (bicyclic) bond motifs is 1. The molecular formula is C17H23FN2. The molecule has 2 aromatic rings. The van der Waals surface area contributed by atoms with E-state index in [1.807, 2.05) is 6.07 Å². The topological polar surface area (TPSA) is 24.9 Å². The minimum Gasteiger partial charge on any atom is -0.384 e. The van der Waals surface area contributed by atoms with Gasteiger partial charge in [-0.2, -0.15) is 0 Å². The number of pyridine rings is 1. The van der Waals surface area contributed by atoms with Gasteiger partial charge in [0.2, 0.25) is 0 Å². The highest BCUT2D eigenvalue weighted by Crippen LogP contribution is 2.30. The highest BCUT2D eigenvalue weighted by molar-refractivity contribution is 5.92. The number of hydrogen-bond donors (Lipinski definition) is 1. The fraction of sp³-hybridized carbons (Fsp3) is 0.471. The number of anilines is 1. The van der Waals surface area contributed by atoms with E-state index in [-0.39, 0.29) is 11.2 Å². The van der Waals surface area contributed by atoms with Crippen molar-refractivity contribution < 1.29 is 4.39 Å². The van der Waals surface area contributed by atoms with Gasteiger partial charge in [-0.3, -0.25) is 4.98 Å². The second-order valence-electron chi connectivity index (χ2n) is 6.35. The third-order valence-electron chi connectivity index (χ3n) is 3.42. The van der Waals surface area contributed by atoms with Crippen LogP contribution in [0.25, 0.3) is 10.9 Å². The van der Waals surface area contributed by atoms with Crippen LogP contribution in [0.1, 0.15) is 45.4 Å². The van der Waals surface area contributed by atoms with Crippen molar-refractivity contribution in [3.63, 3.8) is 0 Å². The summed E-state index contributed by atoms with van der Waals surface area (Å²) in [6.07, 6.45) is 1.05. The van der Waals surface area contributed by atoms with Gasteiger partial charge in [-0.05, 0) is 31.0 Å². The summed E-state index contributed by atoms with van der Waals surface area (Å²) in [6.45, 7) is 11.2. The molecule has 1 aromatic heterocycles. The Kier molecular flexibility index (Phi) is 3.98. The smallest absolute Gasteiger partial charge is 0.128 e. The first-order chi connectivity index (χ1) is 9.32. The number of rotatable bonds is 3. The van der Waals surface area contributed by atoms with E-state index in [2.05, 4.69) is 44.1 Å². The molecule has 3 heteroatoms. The summed E-state index contributed by atoms with van der Waals surface area (Å²) in [5, 5.41) is 4.43. The lowest BCUT2D eigenvalue weighted by molar-refractivity contribution is 0.571. The predicted molar refractivity (Wildman–Crippen MR) is 83.9 cm³/mol. The van der Waals surface area contributed by atoms with Crippen molar-refractivity contribution in [2.75, 3.05) is 11.9 Å². The number of nitrogens with one attached hydrogen (secondary N) is 1. The lowest BCUT2D eigenvalue weighted by Crippen LogP contribution is -2.15. The van der Waals surface area contributed by atoms with Crippen LogP contribution in [-0.2, 0) is 5.41 Å². The molecule has 0 fully saturated rings. The van der Waals surface area contributed by atoms with Crippen LogP contribution in [0.3, 0.4) is 0 Å². The molecule has 0 aliphatic rings. The third-order valence-corrected chi connectivity index (χ3v) is 3.42. The molecule has 20 heavy (non-hydrogen) atoms. The monoisotopic (exact) mass is 274 g/mol. The van der Waals surface area contributed by atoms with Crippen molar-refractivity contribution in [2.24, 2.45) is 0 Å². The maximum Gasteiger partial charge on any atom is 0.128 e. The first-order valence-corrected chi connectivity index (χ1v) is 7.18. The quantitative estimate of drug-likeness (QED) is 0.869. The first-order valence-electron chi connectivity index (χ1n) is 7.18. The number of halogens is 1. The second kappa shape index (κ2) is 5.39. The number of nitrogens with zero attached hydrogens (tertiary/aromatic N) is 1. The molecule has 0 amide bonds. The Morgan fingerprint density at radius 2 is 1.90 bits per heavy atom. The normalized spacial score (nSPS) is 11.9. The molecule has 2 rings (SSSR count). The summed E-state index contributed by atoms with van der Waals surface area (Å²) in [5.74, 6) is -0.197. The molecule has 0 spiro atoms. The highest BCUT2D eigenvalue weighted by Gasteiger charge is 2.18. The minimum absolute atomic E-state index is 0.0573. The summed E-state index contributed by atoms with van der Waals surface area (Å²) in [5.41, 5.74) is 3.34. The zero-order valence-corrected chi connectivity index (χ0v) is 13.0. The fourth-order valence-corrected chi connectivity index (χ4v) is 2.15. The molecule has 0 aliphatic carbocycles. The van der Waals surface area contributed by atoms with E-state index in [9.17, 15) is 4.39 Å². The van der Waals surface area contributed by atoms with Gasteiger partial charge in [0.25, 0.3) is 0 Å². The molecule has 2 nitrogen and oxygen atoms in total. The Labute approximate surface area is 120 Å². The molecule has 0 bridgehead atoms. The first kappa shape index (κ1) is 14.8. The van der Waals surface area contributed by atoms with Gasteiger partial charge in [0.05, 0.1) is 5.52 Å². The Balaban J connectivity index is 2.68. The van der Waals surface area contributed by atoms with Crippen molar-refractivity contribution in [3.05, 3.63) is 35.3 Å². The average molecular weight is 274 g/mol. The predicted octanol–water partition coefficient (Wildman–Crippen LogP) is 4.80. The number of hydrogen-bond acceptors (Lipinski definition) is 2. The van der Waals surface area contributed by atoms with Crippen LogP contribution < -0.4 is 5.32 Å². The molecule has 0 radical (unpaired) electrons. The summed E-state index contributed by atoms with van der Waals surface area (Å²) in [4.78, 5) is 4.64. The van der Waals surface area contributed by atoms with Crippen molar-refractivity contribution in [2.45, 2.75) is 46.5 Å². The Morgan fingerprint density at radius 3 is 2.50 bits per heavy atom. The largest absolute Gasteiger partial charge is 0.384 e. The maximum absolute atomic E-state index is 13.8. The number of benzene rings is 1. The molecule has 0 unspecified atom stereocenters. The second-order valence-corrected chi connectivity index (χ2v) is 6.35. The van der Waals surface area contributed by atoms with Crippen molar-refractivity contribution >= 4 is 16.6 Å². The molecule has 1 aromatic carbocycles. The van der Waals surface area contributed by atoms with Crippen LogP contribution in [0.5, 0.6) is 0 Å². The lowest BCUT2D eigenvalue weighted by atomic mass is 9.90. The lowest BCUT2D eigenvalue weighted by Gasteiger charge is -2.21. The Morgan fingerprint density at radius 1 is 1.20 bits per heavy atom. The van der Waals surface area contributed by atoms with Crippen molar-refractivity contribution in [3.8, 4) is 0 Å². The van der Waals surface area contributed by atoms with Gasteiger partial charge >= 0.3 is 0 Å². The van der Waals surface area contributed by atoms with Crippen LogP contribution in [0.2, 0.25) is 0 Å². The Bertz CT molecular complexity index is 627.